The Kier molecular flexibility index (Phi) is 25.3. The summed E-state index contributed by atoms with van der Waals surface area (Å²) < 4.78 is 1.70. The van der Waals surface area contributed by atoms with Crippen molar-refractivity contribution in [2.75, 3.05) is 0 Å². The molecule has 0 aromatic heterocycles. The Morgan fingerprint density at radius 1 is 0.389 bits per heavy atom. The van der Waals surface area contributed by atoms with Gasteiger partial charge in [-0.1, -0.05) is 132 Å². The van der Waals surface area contributed by atoms with E-state index in [-0.39, 0.29) is 0 Å². The number of hydrogen-bond donors (Lipinski definition) is 0. The van der Waals surface area contributed by atoms with Crippen LogP contribution in [0, 0.1) is 0 Å². The molecule has 2 aromatic rings. The van der Waals surface area contributed by atoms with Gasteiger partial charge in [0.2, 0.25) is 11.4 Å². The standard InChI is InChI=1S/C49H78N2.2CH3.Ni/c1-9-17-22-29-40-36-43(37-41(30-23-18-10-2)45(40)32-24-19-11-3)48-46(31-21-13-5)47(33-25-20-12-4)49(51(48)50)42-34-38(26-14-6)44(28-16-8)39(35-42)27-15-7;;;/h34-37H,9-33H2,1-8H3;2*1H3;. The van der Waals surface area contributed by atoms with Gasteiger partial charge in [-0.25, -0.2) is 4.70 Å². The van der Waals surface area contributed by atoms with Crippen molar-refractivity contribution < 1.29 is 19.1 Å². The third-order valence-corrected chi connectivity index (χ3v) is 11.3. The fourth-order valence-electron chi connectivity index (χ4n) is 8.56. The van der Waals surface area contributed by atoms with Gasteiger partial charge in [0.05, 0.1) is 0 Å². The van der Waals surface area contributed by atoms with E-state index in [4.69, 9.17) is 0 Å². The number of rotatable bonds is 27. The monoisotopic (exact) mass is 783 g/mol. The zero-order valence-corrected chi connectivity index (χ0v) is 38.2. The molecule has 0 bridgehead atoms. The second kappa shape index (κ2) is 28.4. The van der Waals surface area contributed by atoms with Crippen molar-refractivity contribution in [1.29, 1.82) is 0 Å². The fourth-order valence-corrected chi connectivity index (χ4v) is 8.56. The summed E-state index contributed by atoms with van der Waals surface area (Å²) in [5, 5.41) is 0. The SMILES string of the molecule is CCCCCC1=C(c2cc(CCC)c(CCC)c(CCC)c2)[N+](=[N-])C(c2cc(CCCCC)c(CCCCC)c(CCCCC)c2)=C1CCCC.[CH3][Ni][CH3]. The van der Waals surface area contributed by atoms with E-state index in [1.165, 1.54) is 123 Å². The Balaban J connectivity index is 0.00000325. The van der Waals surface area contributed by atoms with Crippen LogP contribution < -0.4 is 0 Å². The normalized spacial score (nSPS) is 13.0. The fraction of sp³-hybridized carbons (Fsp3) is 0.686. The first-order valence-electron chi connectivity index (χ1n) is 22.8. The Morgan fingerprint density at radius 3 is 1.07 bits per heavy atom. The molecule has 0 saturated carbocycles. The summed E-state index contributed by atoms with van der Waals surface area (Å²) in [6, 6.07) is 10.0. The first-order chi connectivity index (χ1) is 26.3. The maximum absolute atomic E-state index is 12.7. The molecule has 1 heterocycles. The molecule has 3 heteroatoms. The summed E-state index contributed by atoms with van der Waals surface area (Å²) in [4.78, 5) is 0. The molecule has 1 aliphatic heterocycles. The molecule has 0 spiro atoms. The zero-order valence-electron chi connectivity index (χ0n) is 37.2. The second-order valence-corrected chi connectivity index (χ2v) is 17.0. The Hall–Kier alpha value is -1.99. The molecule has 0 unspecified atom stereocenters. The van der Waals surface area contributed by atoms with Gasteiger partial charge >= 0.3 is 26.2 Å². The molecule has 3 rings (SSSR count). The third-order valence-electron chi connectivity index (χ3n) is 11.3. The summed E-state index contributed by atoms with van der Waals surface area (Å²) in [5.74, 6) is 4.12. The van der Waals surface area contributed by atoms with Crippen LogP contribution in [0.1, 0.15) is 222 Å². The third kappa shape index (κ3) is 14.5. The Labute approximate surface area is 342 Å². The van der Waals surface area contributed by atoms with Crippen molar-refractivity contribution >= 4 is 11.4 Å². The molecule has 0 aliphatic carbocycles. The van der Waals surface area contributed by atoms with Gasteiger partial charge in [-0.2, -0.15) is 0 Å². The number of hydrogen-bond acceptors (Lipinski definition) is 0. The molecule has 1 aliphatic rings. The number of allylic oxidation sites excluding steroid dienone is 2. The number of aryl methyl sites for hydroxylation is 4. The molecule has 2 nitrogen and oxygen atoms in total. The molecule has 0 radical (unpaired) electrons. The summed E-state index contributed by atoms with van der Waals surface area (Å²) in [5.41, 5.74) is 29.6. The van der Waals surface area contributed by atoms with E-state index >= 15 is 0 Å². The topological polar surface area (TPSA) is 25.3 Å². The predicted octanol–water partition coefficient (Wildman–Crippen LogP) is 16.8. The molecule has 0 N–H and O–H groups in total. The van der Waals surface area contributed by atoms with Crippen LogP contribution in [0.5, 0.6) is 0 Å². The molecule has 2 aromatic carbocycles. The van der Waals surface area contributed by atoms with Crippen LogP contribution in [0.4, 0.5) is 0 Å². The van der Waals surface area contributed by atoms with Crippen molar-refractivity contribution in [3.8, 4) is 0 Å². The minimum absolute atomic E-state index is 1.03. The van der Waals surface area contributed by atoms with Crippen LogP contribution in [0.2, 0.25) is 11.8 Å². The molecule has 54 heavy (non-hydrogen) atoms. The number of unbranched alkanes of at least 4 members (excludes halogenated alkanes) is 9. The van der Waals surface area contributed by atoms with Gasteiger partial charge in [0, 0.05) is 22.3 Å². The van der Waals surface area contributed by atoms with Gasteiger partial charge in [0.25, 0.3) is 0 Å². The molecular formula is C51H84N2Ni. The van der Waals surface area contributed by atoms with Crippen LogP contribution in [0.15, 0.2) is 35.4 Å². The number of nitrogens with zero attached hydrogens (tertiary/aromatic N) is 2. The minimum atomic E-state index is 1.03. The van der Waals surface area contributed by atoms with E-state index < -0.39 is 0 Å². The van der Waals surface area contributed by atoms with Crippen molar-refractivity contribution in [3.05, 3.63) is 85.5 Å². The van der Waals surface area contributed by atoms with Crippen LogP contribution in [0.3, 0.4) is 0 Å². The van der Waals surface area contributed by atoms with E-state index in [1.807, 2.05) is 0 Å². The Morgan fingerprint density at radius 2 is 0.704 bits per heavy atom. The molecule has 0 atom stereocenters. The van der Waals surface area contributed by atoms with Crippen LogP contribution >= 0.6 is 0 Å². The van der Waals surface area contributed by atoms with E-state index in [9.17, 15) is 5.53 Å². The van der Waals surface area contributed by atoms with E-state index in [0.717, 1.165) is 82.0 Å². The first-order valence-corrected chi connectivity index (χ1v) is 24.8. The van der Waals surface area contributed by atoms with Gasteiger partial charge in [0.1, 0.15) is 0 Å². The summed E-state index contributed by atoms with van der Waals surface area (Å²) in [7, 11) is 0. The van der Waals surface area contributed by atoms with Crippen molar-refractivity contribution in [2.24, 2.45) is 0 Å². The van der Waals surface area contributed by atoms with E-state index in [0.29, 0.717) is 0 Å². The van der Waals surface area contributed by atoms with Gasteiger partial charge in [-0.3, -0.25) is 0 Å². The van der Waals surface area contributed by atoms with Crippen LogP contribution in [-0.2, 0) is 53.0 Å². The average Bonchev–Trinajstić information content (AvgIpc) is 3.43. The quantitative estimate of drug-likeness (QED) is 0.0490. The van der Waals surface area contributed by atoms with Crippen LogP contribution in [-0.4, -0.2) is 4.70 Å². The van der Waals surface area contributed by atoms with E-state index in [1.54, 1.807) is 41.4 Å². The van der Waals surface area contributed by atoms with E-state index in [2.05, 4.69) is 91.4 Å². The predicted molar refractivity (Wildman–Crippen MR) is 237 cm³/mol. The molecule has 0 saturated heterocycles. The zero-order chi connectivity index (χ0) is 39.7. The van der Waals surface area contributed by atoms with Gasteiger partial charge < -0.3 is 5.53 Å². The second-order valence-electron chi connectivity index (χ2n) is 16.0. The van der Waals surface area contributed by atoms with Crippen molar-refractivity contribution in [1.82, 2.24) is 0 Å². The van der Waals surface area contributed by atoms with Crippen LogP contribution in [0.25, 0.3) is 16.9 Å². The molecule has 308 valence electrons. The molecule has 0 fully saturated rings. The van der Waals surface area contributed by atoms with Crippen molar-refractivity contribution in [3.63, 3.8) is 0 Å². The van der Waals surface area contributed by atoms with Gasteiger partial charge in [-0.05, 0) is 141 Å². The Bertz CT molecular complexity index is 1390. The van der Waals surface area contributed by atoms with Gasteiger partial charge in [-0.15, -0.1) is 0 Å². The summed E-state index contributed by atoms with van der Waals surface area (Å²) in [6.45, 7) is 18.5. The number of benzene rings is 2. The molecule has 0 amide bonds. The summed E-state index contributed by atoms with van der Waals surface area (Å²) >= 11 is 1.62. The van der Waals surface area contributed by atoms with Gasteiger partial charge in [0.15, 0.2) is 0 Å². The average molecular weight is 784 g/mol. The summed E-state index contributed by atoms with van der Waals surface area (Å²) in [6.07, 6.45) is 29.7. The first kappa shape index (κ1) is 48.2. The maximum atomic E-state index is 12.7. The van der Waals surface area contributed by atoms with Crippen molar-refractivity contribution in [2.45, 2.75) is 228 Å². The molecular weight excluding hydrogens is 699 g/mol.